The van der Waals surface area contributed by atoms with Crippen LogP contribution in [0.2, 0.25) is 5.02 Å². The van der Waals surface area contributed by atoms with E-state index < -0.39 is 0 Å². The van der Waals surface area contributed by atoms with E-state index in [2.05, 4.69) is 16.0 Å². The summed E-state index contributed by atoms with van der Waals surface area (Å²) in [5.74, 6) is 0. The Hall–Kier alpha value is -3.23. The van der Waals surface area contributed by atoms with Crippen molar-refractivity contribution in [3.05, 3.63) is 70.6 Å². The van der Waals surface area contributed by atoms with E-state index in [0.717, 1.165) is 22.8 Å². The number of nitrogens with zero attached hydrogens (tertiary/aromatic N) is 4. The van der Waals surface area contributed by atoms with Crippen LogP contribution in [-0.2, 0) is 6.54 Å². The Morgan fingerprint density at radius 3 is 2.92 bits per heavy atom. The van der Waals surface area contributed by atoms with Gasteiger partial charge in [-0.05, 0) is 29.8 Å². The molecule has 120 valence electrons. The van der Waals surface area contributed by atoms with Crippen LogP contribution in [-0.4, -0.2) is 20.8 Å². The lowest BCUT2D eigenvalue weighted by molar-refractivity contribution is 0.112. The minimum Gasteiger partial charge on any atom is -0.327 e. The first-order valence-electron chi connectivity index (χ1n) is 7.57. The van der Waals surface area contributed by atoms with Gasteiger partial charge in [-0.25, -0.2) is 4.98 Å². The van der Waals surface area contributed by atoms with Gasteiger partial charge in [0.05, 0.1) is 22.2 Å². The van der Waals surface area contributed by atoms with E-state index in [1.807, 2.05) is 28.8 Å². The zero-order valence-corrected chi connectivity index (χ0v) is 13.7. The van der Waals surface area contributed by atoms with Crippen molar-refractivity contribution < 1.29 is 4.79 Å². The smallest absolute Gasteiger partial charge is 0.152 e. The molecule has 3 aromatic heterocycles. The van der Waals surface area contributed by atoms with Crippen LogP contribution in [0, 0.1) is 11.3 Å². The van der Waals surface area contributed by atoms with Crippen LogP contribution in [0.5, 0.6) is 0 Å². The van der Waals surface area contributed by atoms with Crippen molar-refractivity contribution in [1.29, 1.82) is 5.26 Å². The van der Waals surface area contributed by atoms with Crippen molar-refractivity contribution >= 4 is 39.8 Å². The van der Waals surface area contributed by atoms with Gasteiger partial charge in [0.1, 0.15) is 5.65 Å². The number of aromatic nitrogens is 3. The predicted octanol–water partition coefficient (Wildman–Crippen LogP) is 3.97. The van der Waals surface area contributed by atoms with Gasteiger partial charge < -0.3 is 4.57 Å². The van der Waals surface area contributed by atoms with E-state index in [1.165, 1.54) is 0 Å². The number of carbonyl (C=O) groups is 1. The normalized spacial score (nSPS) is 10.9. The van der Waals surface area contributed by atoms with Crippen molar-refractivity contribution in [3.63, 3.8) is 0 Å². The molecule has 0 saturated carbocycles. The highest BCUT2D eigenvalue weighted by Crippen LogP contribution is 2.24. The number of hydrogen-bond donors (Lipinski definition) is 0. The van der Waals surface area contributed by atoms with Gasteiger partial charge >= 0.3 is 0 Å². The van der Waals surface area contributed by atoms with Gasteiger partial charge in [-0.15, -0.1) is 0 Å². The molecule has 0 unspecified atom stereocenters. The monoisotopic (exact) mass is 346 g/mol. The number of aldehydes is 1. The summed E-state index contributed by atoms with van der Waals surface area (Å²) < 4.78 is 1.87. The molecular formula is C19H11ClN4O. The van der Waals surface area contributed by atoms with Crippen LogP contribution in [0.15, 0.2) is 48.9 Å². The predicted molar refractivity (Wildman–Crippen MR) is 95.7 cm³/mol. The summed E-state index contributed by atoms with van der Waals surface area (Å²) in [4.78, 5) is 20.0. The lowest BCUT2D eigenvalue weighted by Gasteiger charge is -2.07. The number of benzene rings is 1. The Bertz CT molecular complexity index is 1170. The molecule has 4 rings (SSSR count). The lowest BCUT2D eigenvalue weighted by atomic mass is 10.1. The third-order valence-corrected chi connectivity index (χ3v) is 4.31. The van der Waals surface area contributed by atoms with Gasteiger partial charge in [-0.1, -0.05) is 17.7 Å². The number of hydrogen-bond acceptors (Lipinski definition) is 4. The summed E-state index contributed by atoms with van der Waals surface area (Å²) in [5, 5.41) is 11.4. The molecule has 0 aliphatic rings. The molecule has 6 heteroatoms. The fourth-order valence-corrected chi connectivity index (χ4v) is 3.17. The number of carbonyl (C=O) groups excluding carboxylic acids is 1. The second-order valence-corrected chi connectivity index (χ2v) is 6.12. The molecule has 5 nitrogen and oxygen atoms in total. The maximum Gasteiger partial charge on any atom is 0.152 e. The standard InChI is InChI=1S/C19H11ClN4O/c20-16-6-14-5-12(1-2-17(14)23-8-16)9-24-10-15(11-25)18-13(7-21)3-4-22-19(18)24/h1-6,8,10-11H,9H2. The zero-order chi connectivity index (χ0) is 17.4. The molecule has 0 aliphatic carbocycles. The quantitative estimate of drug-likeness (QED) is 0.526. The highest BCUT2D eigenvalue weighted by Gasteiger charge is 2.13. The largest absolute Gasteiger partial charge is 0.327 e. The summed E-state index contributed by atoms with van der Waals surface area (Å²) in [5.41, 5.74) is 3.41. The van der Waals surface area contributed by atoms with E-state index >= 15 is 0 Å². The fraction of sp³-hybridized carbons (Fsp3) is 0.0526. The number of nitriles is 1. The van der Waals surface area contributed by atoms with Crippen LogP contribution >= 0.6 is 11.6 Å². The van der Waals surface area contributed by atoms with Crippen molar-refractivity contribution in [2.45, 2.75) is 6.54 Å². The van der Waals surface area contributed by atoms with Crippen molar-refractivity contribution in [1.82, 2.24) is 14.5 Å². The minimum atomic E-state index is 0.445. The van der Waals surface area contributed by atoms with Crippen LogP contribution in [0.1, 0.15) is 21.5 Å². The maximum atomic E-state index is 11.4. The highest BCUT2D eigenvalue weighted by atomic mass is 35.5. The molecule has 0 spiro atoms. The topological polar surface area (TPSA) is 71.6 Å². The zero-order valence-electron chi connectivity index (χ0n) is 13.0. The Morgan fingerprint density at radius 2 is 2.12 bits per heavy atom. The van der Waals surface area contributed by atoms with Gasteiger partial charge in [0.25, 0.3) is 0 Å². The molecule has 0 fully saturated rings. The van der Waals surface area contributed by atoms with Crippen molar-refractivity contribution in [2.75, 3.05) is 0 Å². The Morgan fingerprint density at radius 1 is 1.24 bits per heavy atom. The number of halogens is 1. The minimum absolute atomic E-state index is 0.445. The van der Waals surface area contributed by atoms with E-state index in [0.29, 0.717) is 33.7 Å². The molecule has 4 aromatic rings. The third-order valence-electron chi connectivity index (χ3n) is 4.10. The first-order chi connectivity index (χ1) is 12.2. The summed E-state index contributed by atoms with van der Waals surface area (Å²) in [6, 6.07) is 11.5. The summed E-state index contributed by atoms with van der Waals surface area (Å²) in [6.07, 6.45) is 5.68. The molecule has 0 radical (unpaired) electrons. The van der Waals surface area contributed by atoms with Gasteiger partial charge in [-0.2, -0.15) is 5.26 Å². The van der Waals surface area contributed by atoms with Gasteiger partial charge in [0, 0.05) is 41.5 Å². The fourth-order valence-electron chi connectivity index (χ4n) is 3.00. The van der Waals surface area contributed by atoms with E-state index in [9.17, 15) is 10.1 Å². The third kappa shape index (κ3) is 2.63. The number of pyridine rings is 2. The lowest BCUT2D eigenvalue weighted by Crippen LogP contribution is -1.99. The number of fused-ring (bicyclic) bond motifs is 2. The molecule has 3 heterocycles. The average molecular weight is 347 g/mol. The summed E-state index contributed by atoms with van der Waals surface area (Å²) in [6.45, 7) is 0.522. The van der Waals surface area contributed by atoms with E-state index in [4.69, 9.17) is 11.6 Å². The highest BCUT2D eigenvalue weighted by molar-refractivity contribution is 6.31. The molecular weight excluding hydrogens is 336 g/mol. The molecule has 25 heavy (non-hydrogen) atoms. The average Bonchev–Trinajstić information content (AvgIpc) is 2.99. The Kier molecular flexibility index (Phi) is 3.68. The Labute approximate surface area is 148 Å². The van der Waals surface area contributed by atoms with Gasteiger partial charge in [-0.3, -0.25) is 9.78 Å². The molecule has 0 amide bonds. The van der Waals surface area contributed by atoms with Crippen LogP contribution in [0.25, 0.3) is 21.9 Å². The molecule has 0 saturated heterocycles. The first-order valence-corrected chi connectivity index (χ1v) is 7.94. The van der Waals surface area contributed by atoms with E-state index in [-0.39, 0.29) is 0 Å². The second-order valence-electron chi connectivity index (χ2n) is 5.68. The molecule has 0 N–H and O–H groups in total. The molecule has 1 aromatic carbocycles. The van der Waals surface area contributed by atoms with Crippen LogP contribution < -0.4 is 0 Å². The van der Waals surface area contributed by atoms with Gasteiger partial charge in [0.2, 0.25) is 0 Å². The van der Waals surface area contributed by atoms with E-state index in [1.54, 1.807) is 24.7 Å². The van der Waals surface area contributed by atoms with Crippen molar-refractivity contribution in [3.8, 4) is 6.07 Å². The maximum absolute atomic E-state index is 11.4. The second kappa shape index (κ2) is 6.00. The Balaban J connectivity index is 1.83. The summed E-state index contributed by atoms with van der Waals surface area (Å²) >= 11 is 6.02. The SMILES string of the molecule is N#Cc1ccnc2c1c(C=O)cn2Cc1ccc2ncc(Cl)cc2c1. The molecule has 0 atom stereocenters. The van der Waals surface area contributed by atoms with Crippen LogP contribution in [0.3, 0.4) is 0 Å². The first kappa shape index (κ1) is 15.3. The van der Waals surface area contributed by atoms with Crippen LogP contribution in [0.4, 0.5) is 0 Å². The number of rotatable bonds is 3. The molecule has 0 bridgehead atoms. The summed E-state index contributed by atoms with van der Waals surface area (Å²) in [7, 11) is 0. The van der Waals surface area contributed by atoms with Gasteiger partial charge in [0.15, 0.2) is 6.29 Å². The molecule has 0 aliphatic heterocycles. The van der Waals surface area contributed by atoms with Crippen molar-refractivity contribution in [2.24, 2.45) is 0 Å².